The van der Waals surface area contributed by atoms with Crippen molar-refractivity contribution in [1.82, 2.24) is 0 Å². The van der Waals surface area contributed by atoms with Crippen molar-refractivity contribution in [3.63, 3.8) is 0 Å². The van der Waals surface area contributed by atoms with Crippen LogP contribution in [0.3, 0.4) is 0 Å². The number of aliphatic imine (C=N–C) groups is 3. The van der Waals surface area contributed by atoms with E-state index in [2.05, 4.69) is 15.0 Å². The van der Waals surface area contributed by atoms with Gasteiger partial charge in [-0.05, 0) is 49.9 Å². The molecule has 142 valence electrons. The van der Waals surface area contributed by atoms with Gasteiger partial charge in [-0.15, -0.1) is 0 Å². The second-order valence-corrected chi connectivity index (χ2v) is 6.31. The summed E-state index contributed by atoms with van der Waals surface area (Å²) in [4.78, 5) is 13.5. The summed E-state index contributed by atoms with van der Waals surface area (Å²) < 4.78 is 10.7. The lowest BCUT2D eigenvalue weighted by atomic mass is 10.1. The Labute approximate surface area is 161 Å². The summed E-state index contributed by atoms with van der Waals surface area (Å²) >= 11 is 0. The van der Waals surface area contributed by atoms with Crippen LogP contribution in [0.1, 0.15) is 22.3 Å². The van der Waals surface area contributed by atoms with Crippen LogP contribution in [0.5, 0.6) is 0 Å². The Kier molecular flexibility index (Phi) is 7.44. The van der Waals surface area contributed by atoms with Gasteiger partial charge in [0.05, 0.1) is 30.9 Å². The summed E-state index contributed by atoms with van der Waals surface area (Å²) in [5.41, 5.74) is 6.25. The molecule has 2 rings (SSSR count). The molecule has 0 bridgehead atoms. The van der Waals surface area contributed by atoms with Crippen molar-refractivity contribution >= 4 is 29.7 Å². The highest BCUT2D eigenvalue weighted by Gasteiger charge is 2.06. The van der Waals surface area contributed by atoms with E-state index in [1.807, 2.05) is 64.1 Å². The van der Waals surface area contributed by atoms with Gasteiger partial charge in [-0.25, -0.2) is 4.99 Å². The van der Waals surface area contributed by atoms with Gasteiger partial charge >= 0.3 is 0 Å². The molecule has 27 heavy (non-hydrogen) atoms. The number of para-hydroxylation sites is 2. The number of rotatable bonds is 6. The molecular formula is C22H27N3O2. The lowest BCUT2D eigenvalue weighted by Crippen LogP contribution is -2.15. The highest BCUT2D eigenvalue weighted by molar-refractivity contribution is 6.27. The molecule has 0 aliphatic heterocycles. The molecule has 0 saturated carbocycles. The van der Waals surface area contributed by atoms with E-state index in [-0.39, 0.29) is 0 Å². The first kappa shape index (κ1) is 20.5. The van der Waals surface area contributed by atoms with E-state index in [1.54, 1.807) is 26.6 Å². The molecule has 0 saturated heterocycles. The molecule has 0 heterocycles. The van der Waals surface area contributed by atoms with E-state index in [0.29, 0.717) is 5.90 Å². The minimum Gasteiger partial charge on any atom is -0.480 e. The van der Waals surface area contributed by atoms with Gasteiger partial charge in [0.15, 0.2) is 6.23 Å². The second-order valence-electron chi connectivity index (χ2n) is 6.31. The van der Waals surface area contributed by atoms with Gasteiger partial charge in [0, 0.05) is 7.11 Å². The highest BCUT2D eigenvalue weighted by atomic mass is 16.5. The zero-order chi connectivity index (χ0) is 19.8. The Morgan fingerprint density at radius 1 is 0.815 bits per heavy atom. The van der Waals surface area contributed by atoms with Crippen LogP contribution in [0.2, 0.25) is 0 Å². The van der Waals surface area contributed by atoms with Crippen molar-refractivity contribution in [2.45, 2.75) is 33.9 Å². The maximum Gasteiger partial charge on any atom is 0.230 e. The molecule has 0 radical (unpaired) electrons. The van der Waals surface area contributed by atoms with Gasteiger partial charge in [0.2, 0.25) is 5.90 Å². The number of hydrogen-bond donors (Lipinski definition) is 0. The van der Waals surface area contributed by atoms with Crippen LogP contribution in [0, 0.1) is 27.7 Å². The molecule has 5 heteroatoms. The van der Waals surface area contributed by atoms with Crippen molar-refractivity contribution in [3.8, 4) is 0 Å². The monoisotopic (exact) mass is 365 g/mol. The van der Waals surface area contributed by atoms with Gasteiger partial charge in [-0.1, -0.05) is 36.4 Å². The van der Waals surface area contributed by atoms with Crippen LogP contribution >= 0.6 is 0 Å². The second kappa shape index (κ2) is 9.78. The molecular weight excluding hydrogens is 338 g/mol. The van der Waals surface area contributed by atoms with E-state index in [0.717, 1.165) is 33.6 Å². The fourth-order valence-electron chi connectivity index (χ4n) is 2.69. The number of hydrogen-bond acceptors (Lipinski definition) is 5. The van der Waals surface area contributed by atoms with Crippen LogP contribution in [0.25, 0.3) is 0 Å². The van der Waals surface area contributed by atoms with Gasteiger partial charge in [0.1, 0.15) is 0 Å². The average molecular weight is 365 g/mol. The van der Waals surface area contributed by atoms with Gasteiger partial charge < -0.3 is 9.47 Å². The molecule has 0 aliphatic rings. The standard InChI is InChI=1S/C22H27N3O2/c1-15-9-7-10-16(2)21(15)23-13-19(26-5)25-20(27-6)14-24-22-17(3)11-8-12-18(22)4/h7-14,19H,1-6H3. The minimum atomic E-state index is -0.566. The molecule has 1 atom stereocenters. The van der Waals surface area contributed by atoms with Crippen molar-refractivity contribution in [3.05, 3.63) is 58.7 Å². The first-order valence-electron chi connectivity index (χ1n) is 8.81. The predicted octanol–water partition coefficient (Wildman–Crippen LogP) is 5.04. The molecule has 2 aromatic rings. The first-order valence-corrected chi connectivity index (χ1v) is 8.81. The number of methoxy groups -OCH3 is 2. The molecule has 0 amide bonds. The lowest BCUT2D eigenvalue weighted by Gasteiger charge is -2.09. The summed E-state index contributed by atoms with van der Waals surface area (Å²) in [7, 11) is 3.14. The number of ether oxygens (including phenoxy) is 2. The number of nitrogens with zero attached hydrogens (tertiary/aromatic N) is 3. The highest BCUT2D eigenvalue weighted by Crippen LogP contribution is 2.23. The zero-order valence-corrected chi connectivity index (χ0v) is 16.9. The molecule has 0 aromatic heterocycles. The van der Waals surface area contributed by atoms with Crippen molar-refractivity contribution in [2.75, 3.05) is 14.2 Å². The Bertz CT molecular complexity index is 829. The van der Waals surface area contributed by atoms with Crippen LogP contribution in [-0.2, 0) is 9.47 Å². The lowest BCUT2D eigenvalue weighted by molar-refractivity contribution is 0.164. The Hall–Kier alpha value is -2.79. The van der Waals surface area contributed by atoms with E-state index in [4.69, 9.17) is 9.47 Å². The minimum absolute atomic E-state index is 0.373. The Morgan fingerprint density at radius 2 is 1.30 bits per heavy atom. The molecule has 0 N–H and O–H groups in total. The van der Waals surface area contributed by atoms with Crippen LogP contribution in [0.15, 0.2) is 51.4 Å². The number of benzene rings is 2. The molecule has 0 spiro atoms. The third-order valence-corrected chi connectivity index (χ3v) is 4.22. The maximum absolute atomic E-state index is 5.41. The summed E-state index contributed by atoms with van der Waals surface area (Å²) in [5, 5.41) is 0. The molecule has 0 aliphatic carbocycles. The molecule has 2 aromatic carbocycles. The smallest absolute Gasteiger partial charge is 0.230 e. The summed E-state index contributed by atoms with van der Waals surface area (Å²) in [5.74, 6) is 0.373. The molecule has 1 unspecified atom stereocenters. The van der Waals surface area contributed by atoms with E-state index in [9.17, 15) is 0 Å². The first-order chi connectivity index (χ1) is 13.0. The van der Waals surface area contributed by atoms with Crippen molar-refractivity contribution in [2.24, 2.45) is 15.0 Å². The zero-order valence-electron chi connectivity index (χ0n) is 16.9. The Morgan fingerprint density at radius 3 is 1.74 bits per heavy atom. The summed E-state index contributed by atoms with van der Waals surface area (Å²) in [6.45, 7) is 8.11. The fourth-order valence-corrected chi connectivity index (χ4v) is 2.69. The maximum atomic E-state index is 5.41. The van der Waals surface area contributed by atoms with Crippen molar-refractivity contribution in [1.29, 1.82) is 0 Å². The topological polar surface area (TPSA) is 55.5 Å². The largest absolute Gasteiger partial charge is 0.480 e. The fraction of sp³-hybridized carbons (Fsp3) is 0.318. The van der Waals surface area contributed by atoms with Crippen molar-refractivity contribution < 1.29 is 9.47 Å². The molecule has 5 nitrogen and oxygen atoms in total. The molecule has 0 fully saturated rings. The summed E-state index contributed by atoms with van der Waals surface area (Å²) in [6.07, 6.45) is 2.71. The third-order valence-electron chi connectivity index (χ3n) is 4.22. The average Bonchev–Trinajstić information content (AvgIpc) is 2.64. The van der Waals surface area contributed by atoms with Crippen LogP contribution < -0.4 is 0 Å². The van der Waals surface area contributed by atoms with Crippen LogP contribution in [0.4, 0.5) is 11.4 Å². The van der Waals surface area contributed by atoms with E-state index >= 15 is 0 Å². The van der Waals surface area contributed by atoms with Gasteiger partial charge in [-0.2, -0.15) is 0 Å². The Balaban J connectivity index is 2.23. The quantitative estimate of drug-likeness (QED) is 0.532. The predicted molar refractivity (Wildman–Crippen MR) is 113 cm³/mol. The van der Waals surface area contributed by atoms with Crippen LogP contribution in [-0.4, -0.2) is 38.8 Å². The SMILES string of the molecule is COC(C=Nc1c(C)cccc1C)=NC(C=Nc1c(C)cccc1C)OC. The summed E-state index contributed by atoms with van der Waals surface area (Å²) in [6, 6.07) is 12.1. The van der Waals surface area contributed by atoms with E-state index < -0.39 is 6.23 Å². The third kappa shape index (κ3) is 5.59. The van der Waals surface area contributed by atoms with Gasteiger partial charge in [-0.3, -0.25) is 9.98 Å². The number of aryl methyl sites for hydroxylation is 4. The van der Waals surface area contributed by atoms with Gasteiger partial charge in [0.25, 0.3) is 0 Å². The normalized spacial score (nSPS) is 13.5. The van der Waals surface area contributed by atoms with E-state index in [1.165, 1.54) is 0 Å².